The van der Waals surface area contributed by atoms with E-state index in [9.17, 15) is 4.79 Å². The Labute approximate surface area is 81.1 Å². The van der Waals surface area contributed by atoms with Gasteiger partial charge in [-0.15, -0.1) is 0 Å². The fourth-order valence-electron chi connectivity index (χ4n) is 1.94. The molecule has 0 aromatic carbocycles. The van der Waals surface area contributed by atoms with E-state index < -0.39 is 0 Å². The van der Waals surface area contributed by atoms with Gasteiger partial charge in [-0.3, -0.25) is 4.79 Å². The molecule has 1 fully saturated rings. The van der Waals surface area contributed by atoms with Gasteiger partial charge in [0.25, 0.3) is 0 Å². The maximum Gasteiger partial charge on any atom is 0.215 e. The maximum atomic E-state index is 10.7. The summed E-state index contributed by atoms with van der Waals surface area (Å²) in [7, 11) is 3.61. The summed E-state index contributed by atoms with van der Waals surface area (Å²) in [6, 6.07) is 0.702. The van der Waals surface area contributed by atoms with Crippen LogP contribution in [0.25, 0.3) is 0 Å². The van der Waals surface area contributed by atoms with Gasteiger partial charge in [-0.05, 0) is 38.6 Å². The van der Waals surface area contributed by atoms with Crippen molar-refractivity contribution in [3.05, 3.63) is 0 Å². The Bertz CT molecular complexity index is 167. The van der Waals surface area contributed by atoms with Gasteiger partial charge >= 0.3 is 0 Å². The van der Waals surface area contributed by atoms with Crippen LogP contribution in [0.1, 0.15) is 25.7 Å². The Morgan fingerprint density at radius 1 is 1.38 bits per heavy atom. The molecule has 4 heteroatoms. The Morgan fingerprint density at radius 2 is 2.00 bits per heavy atom. The fraction of sp³-hybridized carbons (Fsp3) is 0.889. The van der Waals surface area contributed by atoms with Crippen LogP contribution in [0, 0.1) is 5.92 Å². The van der Waals surface area contributed by atoms with Crippen molar-refractivity contribution in [2.75, 3.05) is 13.6 Å². The average Bonchev–Trinajstić information content (AvgIpc) is 2.15. The number of rotatable bonds is 3. The van der Waals surface area contributed by atoms with Gasteiger partial charge in [0.15, 0.2) is 5.81 Å². The molecule has 0 spiro atoms. The Morgan fingerprint density at radius 3 is 2.46 bits per heavy atom. The zero-order chi connectivity index (χ0) is 9.68. The summed E-state index contributed by atoms with van der Waals surface area (Å²) in [6.45, 7) is 0.867. The zero-order valence-electron chi connectivity index (χ0n) is 8.60. The highest BCUT2D eigenvalue weighted by molar-refractivity contribution is 6.57. The summed E-state index contributed by atoms with van der Waals surface area (Å²) in [4.78, 5) is 10.7. The Balaban J connectivity index is 2.14. The monoisotopic (exact) mass is 182 g/mol. The van der Waals surface area contributed by atoms with Gasteiger partial charge in [-0.2, -0.15) is 0 Å². The summed E-state index contributed by atoms with van der Waals surface area (Å²) in [6.07, 6.45) is 4.99. The molecule has 0 aromatic rings. The van der Waals surface area contributed by atoms with Crippen LogP contribution < -0.4 is 10.6 Å². The number of hydrogen-bond acceptors (Lipinski definition) is 2. The minimum absolute atomic E-state index is 0.0933. The highest BCUT2D eigenvalue weighted by Crippen LogP contribution is 2.23. The van der Waals surface area contributed by atoms with E-state index >= 15 is 0 Å². The minimum atomic E-state index is 0.0933. The van der Waals surface area contributed by atoms with Crippen LogP contribution in [0.4, 0.5) is 4.79 Å². The number of carbonyl (C=O) groups is 1. The first-order valence-corrected chi connectivity index (χ1v) is 5.14. The molecule has 1 amide bonds. The van der Waals surface area contributed by atoms with Crippen molar-refractivity contribution in [1.29, 1.82) is 0 Å². The van der Waals surface area contributed by atoms with Crippen LogP contribution in [-0.4, -0.2) is 33.3 Å². The van der Waals surface area contributed by atoms with E-state index in [1.807, 2.05) is 7.05 Å². The third-order valence-electron chi connectivity index (χ3n) is 2.89. The number of nitrogens with one attached hydrogen (secondary N) is 2. The van der Waals surface area contributed by atoms with E-state index in [4.69, 9.17) is 0 Å². The van der Waals surface area contributed by atoms with Gasteiger partial charge in [-0.25, -0.2) is 0 Å². The Kier molecular flexibility index (Phi) is 4.29. The van der Waals surface area contributed by atoms with Gasteiger partial charge in [0.05, 0.1) is 0 Å². The lowest BCUT2D eigenvalue weighted by molar-refractivity contribution is 0.251. The van der Waals surface area contributed by atoms with Crippen molar-refractivity contribution in [1.82, 2.24) is 10.6 Å². The molecule has 1 aliphatic carbocycles. The van der Waals surface area contributed by atoms with Crippen molar-refractivity contribution in [2.45, 2.75) is 31.7 Å². The minimum Gasteiger partial charge on any atom is -0.365 e. The van der Waals surface area contributed by atoms with Gasteiger partial charge in [0, 0.05) is 12.6 Å². The van der Waals surface area contributed by atoms with Crippen LogP contribution in [0.15, 0.2) is 0 Å². The van der Waals surface area contributed by atoms with E-state index in [2.05, 4.69) is 10.6 Å². The van der Waals surface area contributed by atoms with E-state index in [-0.39, 0.29) is 5.81 Å². The molecule has 0 atom stereocenters. The molecular formula is C9H19BN2O. The molecular weight excluding hydrogens is 163 g/mol. The highest BCUT2D eigenvalue weighted by atomic mass is 16.1. The van der Waals surface area contributed by atoms with Crippen molar-refractivity contribution in [3.63, 3.8) is 0 Å². The predicted octanol–water partition coefficient (Wildman–Crippen LogP) is 0.107. The topological polar surface area (TPSA) is 41.1 Å². The predicted molar refractivity (Wildman–Crippen MR) is 56.7 cm³/mol. The molecule has 1 saturated carbocycles. The van der Waals surface area contributed by atoms with Gasteiger partial charge in [0.1, 0.15) is 0 Å². The summed E-state index contributed by atoms with van der Waals surface area (Å²) in [5.41, 5.74) is 0. The summed E-state index contributed by atoms with van der Waals surface area (Å²) in [5, 5.41) is 6.19. The lowest BCUT2D eigenvalue weighted by Crippen LogP contribution is -2.35. The molecule has 74 valence electrons. The lowest BCUT2D eigenvalue weighted by atomic mass is 9.86. The molecule has 0 unspecified atom stereocenters. The lowest BCUT2D eigenvalue weighted by Gasteiger charge is -2.28. The van der Waals surface area contributed by atoms with E-state index in [1.54, 1.807) is 7.85 Å². The smallest absolute Gasteiger partial charge is 0.215 e. The molecule has 0 aromatic heterocycles. The first kappa shape index (κ1) is 10.6. The second-order valence-electron chi connectivity index (χ2n) is 3.94. The molecule has 2 N–H and O–H groups in total. The quantitative estimate of drug-likeness (QED) is 0.608. The summed E-state index contributed by atoms with van der Waals surface area (Å²) >= 11 is 0. The molecule has 13 heavy (non-hydrogen) atoms. The molecule has 3 nitrogen and oxygen atoms in total. The maximum absolute atomic E-state index is 10.7. The van der Waals surface area contributed by atoms with Gasteiger partial charge < -0.3 is 10.6 Å². The standard InChI is InChI=1S/C9H19BN2O/c1-11-8-4-2-7(3-5-8)6-12-9(10)13/h7-8,11H,2-6,10H2,1H3,(H,12,13). The molecule has 1 rings (SSSR count). The molecule has 0 bridgehead atoms. The van der Waals surface area contributed by atoms with Crippen LogP contribution in [-0.2, 0) is 0 Å². The first-order valence-electron chi connectivity index (χ1n) is 5.14. The van der Waals surface area contributed by atoms with Crippen molar-refractivity contribution in [3.8, 4) is 0 Å². The van der Waals surface area contributed by atoms with Crippen molar-refractivity contribution < 1.29 is 4.79 Å². The van der Waals surface area contributed by atoms with Crippen LogP contribution in [0.2, 0.25) is 0 Å². The van der Waals surface area contributed by atoms with Gasteiger partial charge in [-0.1, -0.05) is 0 Å². The third kappa shape index (κ3) is 3.81. The number of hydrogen-bond donors (Lipinski definition) is 2. The van der Waals surface area contributed by atoms with E-state index in [1.165, 1.54) is 25.7 Å². The normalized spacial score (nSPS) is 28.4. The second kappa shape index (κ2) is 5.27. The SMILES string of the molecule is BC(=O)NCC1CCC(NC)CC1. The highest BCUT2D eigenvalue weighted by Gasteiger charge is 2.19. The third-order valence-corrected chi connectivity index (χ3v) is 2.89. The molecule has 0 saturated heterocycles. The largest absolute Gasteiger partial charge is 0.365 e. The van der Waals surface area contributed by atoms with Crippen molar-refractivity contribution in [2.24, 2.45) is 5.92 Å². The summed E-state index contributed by atoms with van der Waals surface area (Å²) in [5.74, 6) is 0.796. The van der Waals surface area contributed by atoms with Crippen LogP contribution in [0.5, 0.6) is 0 Å². The molecule has 0 heterocycles. The molecule has 0 aliphatic heterocycles. The van der Waals surface area contributed by atoms with E-state index in [0.29, 0.717) is 12.0 Å². The molecule has 0 radical (unpaired) electrons. The van der Waals surface area contributed by atoms with Gasteiger partial charge in [0.2, 0.25) is 7.85 Å². The number of carbonyl (C=O) groups excluding carboxylic acids is 1. The van der Waals surface area contributed by atoms with Crippen LogP contribution in [0.3, 0.4) is 0 Å². The van der Waals surface area contributed by atoms with Crippen LogP contribution >= 0.6 is 0 Å². The number of amides is 1. The average molecular weight is 182 g/mol. The zero-order valence-corrected chi connectivity index (χ0v) is 8.60. The Hall–Kier alpha value is -0.505. The first-order chi connectivity index (χ1) is 6.22. The van der Waals surface area contributed by atoms with E-state index in [0.717, 1.165) is 6.54 Å². The fourth-order valence-corrected chi connectivity index (χ4v) is 1.94. The molecule has 1 aliphatic rings. The second-order valence-corrected chi connectivity index (χ2v) is 3.94. The summed E-state index contributed by atoms with van der Waals surface area (Å²) < 4.78 is 0. The van der Waals surface area contributed by atoms with Crippen molar-refractivity contribution >= 4 is 13.7 Å².